The minimum absolute atomic E-state index is 0.199. The monoisotopic (exact) mass is 290 g/mol. The smallest absolute Gasteiger partial charge is 0.223 e. The highest BCUT2D eigenvalue weighted by atomic mass is 32.1. The molecular weight excluding hydrogens is 268 g/mol. The van der Waals surface area contributed by atoms with E-state index in [0.29, 0.717) is 11.5 Å². The number of benzene rings is 1. The first kappa shape index (κ1) is 15.0. The fraction of sp³-hybridized carbons (Fsp3) is 0.500. The van der Waals surface area contributed by atoms with Gasteiger partial charge in [-0.1, -0.05) is 62.2 Å². The number of carbonyl (C=O) groups excluding carboxylic acids is 1. The molecule has 0 unspecified atom stereocenters. The average molecular weight is 290 g/mol. The molecule has 108 valence electrons. The molecule has 20 heavy (non-hydrogen) atoms. The van der Waals surface area contributed by atoms with Crippen molar-refractivity contribution in [2.75, 3.05) is 0 Å². The number of nitrogens with one attached hydrogen (secondary N) is 1. The van der Waals surface area contributed by atoms with Crippen LogP contribution in [0.2, 0.25) is 0 Å². The second-order valence-corrected chi connectivity index (χ2v) is 5.91. The van der Waals surface area contributed by atoms with Gasteiger partial charge in [0.25, 0.3) is 0 Å². The van der Waals surface area contributed by atoms with E-state index in [4.69, 9.17) is 18.0 Å². The van der Waals surface area contributed by atoms with Gasteiger partial charge in [0.1, 0.15) is 4.99 Å². The Bertz CT molecular complexity index is 462. The van der Waals surface area contributed by atoms with Crippen LogP contribution < -0.4 is 11.1 Å². The predicted octanol–water partition coefficient (Wildman–Crippen LogP) is 2.91. The van der Waals surface area contributed by atoms with Gasteiger partial charge in [0, 0.05) is 18.0 Å². The number of rotatable bonds is 4. The zero-order chi connectivity index (χ0) is 14.4. The van der Waals surface area contributed by atoms with Crippen molar-refractivity contribution in [2.24, 2.45) is 11.7 Å². The van der Waals surface area contributed by atoms with E-state index < -0.39 is 0 Å². The van der Waals surface area contributed by atoms with Crippen molar-refractivity contribution in [3.8, 4) is 0 Å². The van der Waals surface area contributed by atoms with Crippen molar-refractivity contribution in [2.45, 2.75) is 45.1 Å². The van der Waals surface area contributed by atoms with E-state index >= 15 is 0 Å². The molecule has 0 bridgehead atoms. The van der Waals surface area contributed by atoms with Crippen LogP contribution >= 0.6 is 12.2 Å². The van der Waals surface area contributed by atoms with Crippen LogP contribution in [0.1, 0.15) is 49.7 Å². The number of thiocarbonyl (C=S) groups is 1. The van der Waals surface area contributed by atoms with Crippen molar-refractivity contribution in [1.29, 1.82) is 0 Å². The lowest BCUT2D eigenvalue weighted by atomic mass is 9.99. The summed E-state index contributed by atoms with van der Waals surface area (Å²) in [5, 5.41) is 3.04. The molecule has 0 atom stereocenters. The van der Waals surface area contributed by atoms with Crippen molar-refractivity contribution < 1.29 is 4.79 Å². The zero-order valence-corrected chi connectivity index (χ0v) is 12.5. The molecule has 1 fully saturated rings. The highest BCUT2D eigenvalue weighted by molar-refractivity contribution is 7.80. The van der Waals surface area contributed by atoms with Crippen molar-refractivity contribution in [3.05, 3.63) is 35.4 Å². The number of hydrogen-bond acceptors (Lipinski definition) is 2. The van der Waals surface area contributed by atoms with Crippen molar-refractivity contribution in [1.82, 2.24) is 5.32 Å². The first-order chi connectivity index (χ1) is 9.66. The molecule has 0 heterocycles. The Kier molecular flexibility index (Phi) is 5.53. The fourth-order valence-electron chi connectivity index (χ4n) is 2.66. The Labute approximate surface area is 125 Å². The van der Waals surface area contributed by atoms with Crippen LogP contribution in [-0.2, 0) is 11.3 Å². The Morgan fingerprint density at radius 3 is 2.30 bits per heavy atom. The first-order valence-corrected chi connectivity index (χ1v) is 7.74. The summed E-state index contributed by atoms with van der Waals surface area (Å²) in [6.07, 6.45) is 6.97. The zero-order valence-electron chi connectivity index (χ0n) is 11.7. The van der Waals surface area contributed by atoms with Gasteiger partial charge in [0.05, 0.1) is 0 Å². The van der Waals surface area contributed by atoms with Crippen LogP contribution in [0.4, 0.5) is 0 Å². The SMILES string of the molecule is NC(=S)c1ccc(CNC(=O)C2CCCCCC2)cc1. The van der Waals surface area contributed by atoms with E-state index in [1.807, 2.05) is 24.3 Å². The first-order valence-electron chi connectivity index (χ1n) is 7.33. The second-order valence-electron chi connectivity index (χ2n) is 5.47. The van der Waals surface area contributed by atoms with E-state index in [2.05, 4.69) is 5.32 Å². The van der Waals surface area contributed by atoms with Gasteiger partial charge >= 0.3 is 0 Å². The summed E-state index contributed by atoms with van der Waals surface area (Å²) < 4.78 is 0. The minimum Gasteiger partial charge on any atom is -0.389 e. The van der Waals surface area contributed by atoms with Gasteiger partial charge < -0.3 is 11.1 Å². The molecule has 0 spiro atoms. The Morgan fingerprint density at radius 2 is 1.75 bits per heavy atom. The van der Waals surface area contributed by atoms with E-state index in [1.165, 1.54) is 25.7 Å². The molecule has 0 aliphatic heterocycles. The largest absolute Gasteiger partial charge is 0.389 e. The van der Waals surface area contributed by atoms with E-state index in [9.17, 15) is 4.79 Å². The third kappa shape index (κ3) is 4.30. The molecule has 1 aromatic rings. The molecule has 2 rings (SSSR count). The number of amides is 1. The summed E-state index contributed by atoms with van der Waals surface area (Å²) in [5.41, 5.74) is 7.50. The molecule has 3 nitrogen and oxygen atoms in total. The normalized spacial score (nSPS) is 16.4. The summed E-state index contributed by atoms with van der Waals surface area (Å²) in [6.45, 7) is 0.576. The lowest BCUT2D eigenvalue weighted by Gasteiger charge is -2.14. The average Bonchev–Trinajstić information content (AvgIpc) is 2.74. The molecule has 1 aromatic carbocycles. The Morgan fingerprint density at radius 1 is 1.15 bits per heavy atom. The molecule has 4 heteroatoms. The molecule has 0 aromatic heterocycles. The van der Waals surface area contributed by atoms with Crippen LogP contribution in [-0.4, -0.2) is 10.9 Å². The summed E-state index contributed by atoms with van der Waals surface area (Å²) in [5.74, 6) is 0.402. The van der Waals surface area contributed by atoms with Crippen LogP contribution in [0.3, 0.4) is 0 Å². The van der Waals surface area contributed by atoms with Gasteiger partial charge in [0.15, 0.2) is 0 Å². The summed E-state index contributed by atoms with van der Waals surface area (Å²) in [7, 11) is 0. The highest BCUT2D eigenvalue weighted by Gasteiger charge is 2.19. The van der Waals surface area contributed by atoms with Gasteiger partial charge in [-0.2, -0.15) is 0 Å². The highest BCUT2D eigenvalue weighted by Crippen LogP contribution is 2.22. The molecule has 1 aliphatic rings. The lowest BCUT2D eigenvalue weighted by Crippen LogP contribution is -2.30. The van der Waals surface area contributed by atoms with E-state index in [1.54, 1.807) is 0 Å². The maximum Gasteiger partial charge on any atom is 0.223 e. The topological polar surface area (TPSA) is 55.1 Å². The van der Waals surface area contributed by atoms with Gasteiger partial charge in [-0.3, -0.25) is 4.79 Å². The molecule has 0 saturated heterocycles. The maximum atomic E-state index is 12.1. The lowest BCUT2D eigenvalue weighted by molar-refractivity contribution is -0.125. The quantitative estimate of drug-likeness (QED) is 0.662. The Balaban J connectivity index is 1.84. The maximum absolute atomic E-state index is 12.1. The van der Waals surface area contributed by atoms with E-state index in [0.717, 1.165) is 24.0 Å². The standard InChI is InChI=1S/C16H22N2OS/c17-15(20)13-9-7-12(8-10-13)11-18-16(19)14-5-3-1-2-4-6-14/h7-10,14H,1-6,11H2,(H2,17,20)(H,18,19). The summed E-state index contributed by atoms with van der Waals surface area (Å²) in [4.78, 5) is 12.5. The minimum atomic E-state index is 0.199. The predicted molar refractivity (Wildman–Crippen MR) is 85.4 cm³/mol. The fourth-order valence-corrected chi connectivity index (χ4v) is 2.80. The van der Waals surface area contributed by atoms with Crippen LogP contribution in [0, 0.1) is 5.92 Å². The second kappa shape index (κ2) is 7.39. The molecule has 1 saturated carbocycles. The summed E-state index contributed by atoms with van der Waals surface area (Å²) in [6, 6.07) is 7.72. The molecule has 1 aliphatic carbocycles. The number of nitrogens with two attached hydrogens (primary N) is 1. The van der Waals surface area contributed by atoms with Crippen molar-refractivity contribution in [3.63, 3.8) is 0 Å². The van der Waals surface area contributed by atoms with Crippen LogP contribution in [0.25, 0.3) is 0 Å². The van der Waals surface area contributed by atoms with E-state index in [-0.39, 0.29) is 11.8 Å². The van der Waals surface area contributed by atoms with Crippen molar-refractivity contribution >= 4 is 23.1 Å². The molecule has 0 radical (unpaired) electrons. The molecular formula is C16H22N2OS. The van der Waals surface area contributed by atoms with Crippen LogP contribution in [0.15, 0.2) is 24.3 Å². The molecule has 1 amide bonds. The van der Waals surface area contributed by atoms with Crippen LogP contribution in [0.5, 0.6) is 0 Å². The van der Waals surface area contributed by atoms with Gasteiger partial charge in [0.2, 0.25) is 5.91 Å². The third-order valence-corrected chi connectivity index (χ3v) is 4.17. The molecule has 3 N–H and O–H groups in total. The summed E-state index contributed by atoms with van der Waals surface area (Å²) >= 11 is 4.92. The van der Waals surface area contributed by atoms with Gasteiger partial charge in [-0.25, -0.2) is 0 Å². The third-order valence-electron chi connectivity index (χ3n) is 3.93. The van der Waals surface area contributed by atoms with Gasteiger partial charge in [-0.05, 0) is 18.4 Å². The number of hydrogen-bond donors (Lipinski definition) is 2. The number of carbonyl (C=O) groups is 1. The van der Waals surface area contributed by atoms with Gasteiger partial charge in [-0.15, -0.1) is 0 Å². The Hall–Kier alpha value is -1.42.